The molecule has 1 heterocycles. The fourth-order valence-electron chi connectivity index (χ4n) is 1.93. The highest BCUT2D eigenvalue weighted by atomic mass is 16.7. The van der Waals surface area contributed by atoms with Crippen LogP contribution in [0.3, 0.4) is 0 Å². The molecule has 2 nitrogen and oxygen atoms in total. The van der Waals surface area contributed by atoms with E-state index in [1.54, 1.807) is 0 Å². The van der Waals surface area contributed by atoms with Crippen LogP contribution < -0.4 is 0 Å². The van der Waals surface area contributed by atoms with Crippen molar-refractivity contribution in [2.45, 2.75) is 66.1 Å². The second-order valence-corrected chi connectivity index (χ2v) is 6.25. The zero-order valence-electron chi connectivity index (χ0n) is 11.4. The molecule has 0 bridgehead atoms. The van der Waals surface area contributed by atoms with Crippen molar-refractivity contribution < 1.29 is 9.47 Å². The molecule has 0 amide bonds. The van der Waals surface area contributed by atoms with Gasteiger partial charge in [0.2, 0.25) is 0 Å². The summed E-state index contributed by atoms with van der Waals surface area (Å²) in [5, 5.41) is 0. The summed E-state index contributed by atoms with van der Waals surface area (Å²) in [5.74, 6) is 0.836. The van der Waals surface area contributed by atoms with Crippen molar-refractivity contribution >= 4 is 0 Å². The molecule has 0 aromatic rings. The van der Waals surface area contributed by atoms with E-state index in [9.17, 15) is 0 Å². The molecule has 0 radical (unpaired) electrons. The summed E-state index contributed by atoms with van der Waals surface area (Å²) in [7, 11) is 0. The average molecular weight is 228 g/mol. The Labute approximate surface area is 101 Å². The number of unbranched alkanes of at least 4 members (excludes halogenated alkanes) is 2. The van der Waals surface area contributed by atoms with Crippen LogP contribution in [-0.4, -0.2) is 19.5 Å². The van der Waals surface area contributed by atoms with E-state index < -0.39 is 0 Å². The van der Waals surface area contributed by atoms with Crippen molar-refractivity contribution in [1.29, 1.82) is 0 Å². The SMILES string of the molecule is CC(C)CCCCCC1OCC(C)(C)CO1. The predicted octanol–water partition coefficient (Wildman–Crippen LogP) is 3.99. The highest BCUT2D eigenvalue weighted by Crippen LogP contribution is 2.25. The zero-order chi connectivity index (χ0) is 12.0. The van der Waals surface area contributed by atoms with Gasteiger partial charge in [0.1, 0.15) is 0 Å². The first kappa shape index (κ1) is 14.0. The topological polar surface area (TPSA) is 18.5 Å². The Hall–Kier alpha value is -0.0800. The third-order valence-corrected chi connectivity index (χ3v) is 3.04. The van der Waals surface area contributed by atoms with Crippen LogP contribution in [0.5, 0.6) is 0 Å². The Morgan fingerprint density at radius 2 is 1.69 bits per heavy atom. The molecule has 1 fully saturated rings. The Kier molecular flexibility index (Phi) is 5.77. The fraction of sp³-hybridized carbons (Fsp3) is 1.00. The van der Waals surface area contributed by atoms with Gasteiger partial charge in [-0.15, -0.1) is 0 Å². The number of hydrogen-bond donors (Lipinski definition) is 0. The van der Waals surface area contributed by atoms with Gasteiger partial charge in [0.15, 0.2) is 6.29 Å². The molecule has 0 aromatic heterocycles. The molecule has 1 saturated heterocycles. The minimum atomic E-state index is 0.0621. The lowest BCUT2D eigenvalue weighted by molar-refractivity contribution is -0.224. The lowest BCUT2D eigenvalue weighted by atomic mass is 9.95. The van der Waals surface area contributed by atoms with Crippen molar-refractivity contribution in [3.63, 3.8) is 0 Å². The molecule has 0 spiro atoms. The van der Waals surface area contributed by atoms with Gasteiger partial charge in [0, 0.05) is 5.41 Å². The van der Waals surface area contributed by atoms with Gasteiger partial charge in [0.05, 0.1) is 13.2 Å². The minimum Gasteiger partial charge on any atom is -0.352 e. The van der Waals surface area contributed by atoms with Gasteiger partial charge in [-0.25, -0.2) is 0 Å². The maximum absolute atomic E-state index is 5.70. The minimum absolute atomic E-state index is 0.0621. The van der Waals surface area contributed by atoms with E-state index in [0.717, 1.165) is 25.6 Å². The maximum atomic E-state index is 5.70. The third kappa shape index (κ3) is 5.86. The van der Waals surface area contributed by atoms with E-state index in [1.165, 1.54) is 25.7 Å². The molecule has 96 valence electrons. The van der Waals surface area contributed by atoms with Gasteiger partial charge in [-0.3, -0.25) is 0 Å². The van der Waals surface area contributed by atoms with E-state index in [-0.39, 0.29) is 11.7 Å². The molecule has 0 aliphatic carbocycles. The van der Waals surface area contributed by atoms with Crippen molar-refractivity contribution in [2.75, 3.05) is 13.2 Å². The van der Waals surface area contributed by atoms with Crippen LogP contribution in [0.1, 0.15) is 59.8 Å². The molecule has 0 N–H and O–H groups in total. The fourth-order valence-corrected chi connectivity index (χ4v) is 1.93. The lowest BCUT2D eigenvalue weighted by Gasteiger charge is -2.34. The van der Waals surface area contributed by atoms with Gasteiger partial charge in [0.25, 0.3) is 0 Å². The van der Waals surface area contributed by atoms with Gasteiger partial charge in [-0.1, -0.05) is 47.0 Å². The highest BCUT2D eigenvalue weighted by Gasteiger charge is 2.27. The van der Waals surface area contributed by atoms with Crippen molar-refractivity contribution in [2.24, 2.45) is 11.3 Å². The standard InChI is InChI=1S/C14H28O2/c1-12(2)8-6-5-7-9-13-15-10-14(3,4)11-16-13/h12-13H,5-11H2,1-4H3. The maximum Gasteiger partial charge on any atom is 0.157 e. The molecule has 2 heteroatoms. The van der Waals surface area contributed by atoms with Crippen LogP contribution in [0, 0.1) is 11.3 Å². The van der Waals surface area contributed by atoms with Crippen LogP contribution in [0.4, 0.5) is 0 Å². The van der Waals surface area contributed by atoms with Crippen LogP contribution in [0.2, 0.25) is 0 Å². The van der Waals surface area contributed by atoms with Crippen LogP contribution in [0.25, 0.3) is 0 Å². The van der Waals surface area contributed by atoms with Gasteiger partial charge in [-0.05, 0) is 18.8 Å². The summed E-state index contributed by atoms with van der Waals surface area (Å²) in [4.78, 5) is 0. The number of ether oxygens (including phenoxy) is 2. The molecule has 0 atom stereocenters. The quantitative estimate of drug-likeness (QED) is 0.640. The normalized spacial score (nSPS) is 21.6. The largest absolute Gasteiger partial charge is 0.352 e. The van der Waals surface area contributed by atoms with Crippen molar-refractivity contribution in [3.8, 4) is 0 Å². The molecule has 1 rings (SSSR count). The average Bonchev–Trinajstić information content (AvgIpc) is 2.19. The van der Waals surface area contributed by atoms with Gasteiger partial charge >= 0.3 is 0 Å². The first-order chi connectivity index (χ1) is 7.49. The monoisotopic (exact) mass is 228 g/mol. The Bertz CT molecular complexity index is 177. The van der Waals surface area contributed by atoms with E-state index in [2.05, 4.69) is 27.7 Å². The van der Waals surface area contributed by atoms with Gasteiger partial charge in [-0.2, -0.15) is 0 Å². The molecule has 16 heavy (non-hydrogen) atoms. The van der Waals surface area contributed by atoms with Gasteiger partial charge < -0.3 is 9.47 Å². The summed E-state index contributed by atoms with van der Waals surface area (Å²) in [6.07, 6.45) is 6.36. The van der Waals surface area contributed by atoms with E-state index in [4.69, 9.17) is 9.47 Å². The molecular weight excluding hydrogens is 200 g/mol. The summed E-state index contributed by atoms with van der Waals surface area (Å²) in [6, 6.07) is 0. The second kappa shape index (κ2) is 6.61. The molecule has 0 saturated carbocycles. The van der Waals surface area contributed by atoms with Crippen LogP contribution in [0.15, 0.2) is 0 Å². The Morgan fingerprint density at radius 1 is 1.06 bits per heavy atom. The first-order valence-electron chi connectivity index (χ1n) is 6.73. The van der Waals surface area contributed by atoms with E-state index in [1.807, 2.05) is 0 Å². The summed E-state index contributed by atoms with van der Waals surface area (Å²) >= 11 is 0. The third-order valence-electron chi connectivity index (χ3n) is 3.04. The molecule has 1 aliphatic heterocycles. The first-order valence-corrected chi connectivity index (χ1v) is 6.73. The number of rotatable bonds is 6. The lowest BCUT2D eigenvalue weighted by Crippen LogP contribution is -2.37. The second-order valence-electron chi connectivity index (χ2n) is 6.25. The Morgan fingerprint density at radius 3 is 2.25 bits per heavy atom. The summed E-state index contributed by atoms with van der Waals surface area (Å²) < 4.78 is 11.4. The molecule has 0 unspecified atom stereocenters. The Balaban J connectivity index is 1.98. The van der Waals surface area contributed by atoms with Crippen molar-refractivity contribution in [3.05, 3.63) is 0 Å². The van der Waals surface area contributed by atoms with E-state index >= 15 is 0 Å². The van der Waals surface area contributed by atoms with Crippen molar-refractivity contribution in [1.82, 2.24) is 0 Å². The zero-order valence-corrected chi connectivity index (χ0v) is 11.4. The van der Waals surface area contributed by atoms with Crippen LogP contribution in [-0.2, 0) is 9.47 Å². The van der Waals surface area contributed by atoms with Crippen LogP contribution >= 0.6 is 0 Å². The predicted molar refractivity (Wildman–Crippen MR) is 67.4 cm³/mol. The summed E-state index contributed by atoms with van der Waals surface area (Å²) in [6.45, 7) is 10.6. The van der Waals surface area contributed by atoms with E-state index in [0.29, 0.717) is 0 Å². The smallest absolute Gasteiger partial charge is 0.157 e. The summed E-state index contributed by atoms with van der Waals surface area (Å²) in [5.41, 5.74) is 0.203. The number of hydrogen-bond acceptors (Lipinski definition) is 2. The molecule has 1 aliphatic rings. The molecule has 0 aromatic carbocycles. The molecular formula is C14H28O2. The highest BCUT2D eigenvalue weighted by molar-refractivity contribution is 4.71.